The van der Waals surface area contributed by atoms with Gasteiger partial charge in [0.15, 0.2) is 0 Å². The molecule has 3 amide bonds. The lowest BCUT2D eigenvalue weighted by molar-refractivity contribution is -0.135. The van der Waals surface area contributed by atoms with E-state index in [9.17, 15) is 14.4 Å². The Labute approximate surface area is 115 Å². The Morgan fingerprint density at radius 3 is 2.00 bits per heavy atom. The van der Waals surface area contributed by atoms with E-state index in [1.54, 1.807) is 6.07 Å². The number of benzene rings is 1. The highest BCUT2D eigenvalue weighted by Gasteiger charge is 2.27. The third-order valence-electron chi connectivity index (χ3n) is 2.83. The number of imide groups is 1. The van der Waals surface area contributed by atoms with Gasteiger partial charge in [-0.1, -0.05) is 0 Å². The van der Waals surface area contributed by atoms with Gasteiger partial charge in [0.05, 0.1) is 14.2 Å². The molecule has 1 aliphatic heterocycles. The van der Waals surface area contributed by atoms with E-state index in [1.165, 1.54) is 31.3 Å². The van der Waals surface area contributed by atoms with Crippen LogP contribution in [0.15, 0.2) is 18.2 Å². The fourth-order valence-corrected chi connectivity index (χ4v) is 1.89. The van der Waals surface area contributed by atoms with Gasteiger partial charge < -0.3 is 14.4 Å². The van der Waals surface area contributed by atoms with Crippen molar-refractivity contribution in [3.8, 4) is 11.5 Å². The molecule has 1 fully saturated rings. The normalized spacial score (nSPS) is 14.8. The summed E-state index contributed by atoms with van der Waals surface area (Å²) in [5.41, 5.74) is 0.295. The van der Waals surface area contributed by atoms with E-state index in [0.29, 0.717) is 17.1 Å². The molecular formula is C13H14N2O5. The van der Waals surface area contributed by atoms with E-state index < -0.39 is 17.7 Å². The number of amides is 3. The van der Waals surface area contributed by atoms with Crippen molar-refractivity contribution in [2.45, 2.75) is 0 Å². The van der Waals surface area contributed by atoms with Gasteiger partial charge in [0, 0.05) is 11.6 Å². The van der Waals surface area contributed by atoms with Crippen molar-refractivity contribution in [2.75, 3.05) is 27.3 Å². The van der Waals surface area contributed by atoms with Crippen molar-refractivity contribution in [3.05, 3.63) is 23.8 Å². The molecule has 1 aromatic rings. The molecular weight excluding hydrogens is 264 g/mol. The van der Waals surface area contributed by atoms with Crippen LogP contribution in [0.4, 0.5) is 0 Å². The van der Waals surface area contributed by atoms with Gasteiger partial charge in [-0.15, -0.1) is 0 Å². The zero-order chi connectivity index (χ0) is 14.7. The highest BCUT2D eigenvalue weighted by atomic mass is 16.5. The fraction of sp³-hybridized carbons (Fsp3) is 0.308. The number of rotatable bonds is 3. The quantitative estimate of drug-likeness (QED) is 0.774. The van der Waals surface area contributed by atoms with Gasteiger partial charge in [-0.05, 0) is 12.1 Å². The second-order valence-corrected chi connectivity index (χ2v) is 4.23. The molecule has 1 aromatic carbocycles. The maximum Gasteiger partial charge on any atom is 0.255 e. The lowest BCUT2D eigenvalue weighted by atomic mass is 10.1. The van der Waals surface area contributed by atoms with Crippen LogP contribution in [0, 0.1) is 0 Å². The molecule has 0 aromatic heterocycles. The minimum absolute atomic E-state index is 0.149. The molecule has 0 bridgehead atoms. The smallest absolute Gasteiger partial charge is 0.255 e. The Morgan fingerprint density at radius 1 is 1.05 bits per heavy atom. The molecule has 0 radical (unpaired) electrons. The van der Waals surface area contributed by atoms with Gasteiger partial charge in [-0.25, -0.2) is 0 Å². The molecule has 0 atom stereocenters. The molecule has 1 saturated heterocycles. The number of ether oxygens (including phenoxy) is 2. The van der Waals surface area contributed by atoms with Crippen molar-refractivity contribution in [1.29, 1.82) is 0 Å². The summed E-state index contributed by atoms with van der Waals surface area (Å²) in [6.45, 7) is -0.297. The van der Waals surface area contributed by atoms with Crippen LogP contribution >= 0.6 is 0 Å². The summed E-state index contributed by atoms with van der Waals surface area (Å²) < 4.78 is 10.2. The minimum Gasteiger partial charge on any atom is -0.497 e. The molecule has 7 heteroatoms. The third kappa shape index (κ3) is 2.87. The highest BCUT2D eigenvalue weighted by molar-refractivity contribution is 6.05. The van der Waals surface area contributed by atoms with Crippen LogP contribution in [0.5, 0.6) is 11.5 Å². The van der Waals surface area contributed by atoms with Crippen molar-refractivity contribution in [2.24, 2.45) is 0 Å². The van der Waals surface area contributed by atoms with Gasteiger partial charge in [0.1, 0.15) is 24.6 Å². The Bertz CT molecular complexity index is 532. The van der Waals surface area contributed by atoms with Gasteiger partial charge in [-0.3, -0.25) is 19.7 Å². The maximum absolute atomic E-state index is 12.3. The van der Waals surface area contributed by atoms with Crippen LogP contribution in [0.25, 0.3) is 0 Å². The van der Waals surface area contributed by atoms with Crippen LogP contribution in [-0.2, 0) is 9.59 Å². The van der Waals surface area contributed by atoms with Crippen LogP contribution < -0.4 is 14.8 Å². The molecule has 0 aliphatic carbocycles. The average Bonchev–Trinajstić information content (AvgIpc) is 2.44. The second-order valence-electron chi connectivity index (χ2n) is 4.23. The summed E-state index contributed by atoms with van der Waals surface area (Å²) in [4.78, 5) is 36.1. The van der Waals surface area contributed by atoms with E-state index in [0.717, 1.165) is 0 Å². The van der Waals surface area contributed by atoms with Crippen LogP contribution in [-0.4, -0.2) is 49.9 Å². The minimum atomic E-state index is -0.496. The first-order valence-corrected chi connectivity index (χ1v) is 5.88. The number of nitrogens with zero attached hydrogens (tertiary/aromatic N) is 1. The molecule has 0 unspecified atom stereocenters. The lowest BCUT2D eigenvalue weighted by Crippen LogP contribution is -2.53. The van der Waals surface area contributed by atoms with E-state index in [2.05, 4.69) is 5.32 Å². The first kappa shape index (κ1) is 13.9. The Balaban J connectivity index is 2.28. The van der Waals surface area contributed by atoms with Crippen molar-refractivity contribution >= 4 is 17.7 Å². The predicted octanol–water partition coefficient (Wildman–Crippen LogP) is -0.198. The number of nitrogens with one attached hydrogen (secondary N) is 1. The largest absolute Gasteiger partial charge is 0.497 e. The van der Waals surface area contributed by atoms with E-state index >= 15 is 0 Å². The Kier molecular flexibility index (Phi) is 3.88. The predicted molar refractivity (Wildman–Crippen MR) is 68.6 cm³/mol. The summed E-state index contributed by atoms with van der Waals surface area (Å²) >= 11 is 0. The number of piperazine rings is 1. The maximum atomic E-state index is 12.3. The summed E-state index contributed by atoms with van der Waals surface area (Å²) in [6.07, 6.45) is 0. The van der Waals surface area contributed by atoms with Crippen molar-refractivity contribution < 1.29 is 23.9 Å². The van der Waals surface area contributed by atoms with Crippen molar-refractivity contribution in [1.82, 2.24) is 10.2 Å². The molecule has 20 heavy (non-hydrogen) atoms. The molecule has 1 N–H and O–H groups in total. The molecule has 0 spiro atoms. The standard InChI is InChI=1S/C13H14N2O5/c1-19-9-3-8(4-10(5-9)20-2)13(18)15-6-11(16)14-12(17)7-15/h3-5H,6-7H2,1-2H3,(H,14,16,17). The summed E-state index contributed by atoms with van der Waals surface area (Å²) in [5.74, 6) is -0.500. The summed E-state index contributed by atoms with van der Waals surface area (Å²) in [7, 11) is 2.95. The molecule has 106 valence electrons. The zero-order valence-corrected chi connectivity index (χ0v) is 11.1. The number of hydrogen-bond acceptors (Lipinski definition) is 5. The van der Waals surface area contributed by atoms with E-state index in [4.69, 9.17) is 9.47 Å². The number of carbonyl (C=O) groups is 3. The molecule has 1 heterocycles. The number of carbonyl (C=O) groups excluding carboxylic acids is 3. The lowest BCUT2D eigenvalue weighted by Gasteiger charge is -2.25. The van der Waals surface area contributed by atoms with Gasteiger partial charge >= 0.3 is 0 Å². The van der Waals surface area contributed by atoms with Gasteiger partial charge in [-0.2, -0.15) is 0 Å². The first-order valence-electron chi connectivity index (χ1n) is 5.88. The molecule has 7 nitrogen and oxygen atoms in total. The highest BCUT2D eigenvalue weighted by Crippen LogP contribution is 2.23. The Hall–Kier alpha value is -2.57. The molecule has 2 rings (SSSR count). The van der Waals surface area contributed by atoms with E-state index in [-0.39, 0.29) is 13.1 Å². The molecule has 1 aliphatic rings. The number of hydrogen-bond donors (Lipinski definition) is 1. The zero-order valence-electron chi connectivity index (χ0n) is 11.1. The van der Waals surface area contributed by atoms with Gasteiger partial charge in [0.2, 0.25) is 11.8 Å². The Morgan fingerprint density at radius 2 is 1.55 bits per heavy atom. The number of methoxy groups -OCH3 is 2. The van der Waals surface area contributed by atoms with Crippen LogP contribution in [0.3, 0.4) is 0 Å². The summed E-state index contributed by atoms with van der Waals surface area (Å²) in [5, 5.41) is 2.14. The third-order valence-corrected chi connectivity index (χ3v) is 2.83. The topological polar surface area (TPSA) is 84.9 Å². The van der Waals surface area contributed by atoms with Crippen LogP contribution in [0.1, 0.15) is 10.4 Å². The first-order chi connectivity index (χ1) is 9.53. The second kappa shape index (κ2) is 5.60. The van der Waals surface area contributed by atoms with Crippen molar-refractivity contribution in [3.63, 3.8) is 0 Å². The van der Waals surface area contributed by atoms with E-state index in [1.807, 2.05) is 0 Å². The average molecular weight is 278 g/mol. The summed E-state index contributed by atoms with van der Waals surface area (Å²) in [6, 6.07) is 4.69. The fourth-order valence-electron chi connectivity index (χ4n) is 1.89. The van der Waals surface area contributed by atoms with Gasteiger partial charge in [0.25, 0.3) is 5.91 Å². The SMILES string of the molecule is COc1cc(OC)cc(C(=O)N2CC(=O)NC(=O)C2)c1. The van der Waals surface area contributed by atoms with Crippen LogP contribution in [0.2, 0.25) is 0 Å². The monoisotopic (exact) mass is 278 g/mol. The molecule has 0 saturated carbocycles.